The van der Waals surface area contributed by atoms with Crippen molar-refractivity contribution in [1.82, 2.24) is 39.9 Å². The van der Waals surface area contributed by atoms with Gasteiger partial charge in [-0.05, 0) is 122 Å². The van der Waals surface area contributed by atoms with Gasteiger partial charge >= 0.3 is 12.4 Å². The van der Waals surface area contributed by atoms with Crippen molar-refractivity contribution in [3.63, 3.8) is 0 Å². The van der Waals surface area contributed by atoms with Crippen LogP contribution in [-0.2, 0) is 59.4 Å². The number of fused-ring (bicyclic) bond motifs is 12. The number of carbonyl (C=O) groups excluding carboxylic acids is 4. The number of carbonyl (C=O) groups is 4. The van der Waals surface area contributed by atoms with E-state index >= 15 is 0 Å². The number of hydrogen-bond donors (Lipinski definition) is 4. The molecular weight excluding hydrogens is 2420 g/mol. The molecule has 0 fully saturated rings. The first-order chi connectivity index (χ1) is 58.3. The smallest absolute Gasteiger partial charge is 0.454 e. The van der Waals surface area contributed by atoms with E-state index in [0.29, 0.717) is 11.8 Å². The molecule has 126 heavy (non-hydrogen) atoms. The SMILES string of the molecule is CC(=O)C=C(C)O.CC(=O)C=C(C)O.O=C(C=C(O)c1ccccc1)C(F)(F)F.O=C(C=C(O)c1cccs1)C(F)(F)F.[C-]1=C(c2ccccn2)C2C=CC=CC2C=C1.[Dy].[Eu].[Ir].[Ir].[Tb].[c-]1cc2ccccc2cc1-c1nccc2ccccc12.c1cnc2c(c1)ccc1cccnc12.c1cnc2c(c1)ccc1cccnc12.c1cnc2c(c1)ccc1cccnc12. The zero-order chi connectivity index (χ0) is 86.3. The quantitative estimate of drug-likeness (QED) is 0.0363. The van der Waals surface area contributed by atoms with Crippen molar-refractivity contribution in [3.05, 3.63) is 392 Å². The molecule has 0 spiro atoms. The monoisotopic (exact) mass is 2500 g/mol. The number of rotatable bonds is 8. The van der Waals surface area contributed by atoms with E-state index in [0.717, 1.165) is 93.7 Å². The van der Waals surface area contributed by atoms with Crippen molar-refractivity contribution in [2.24, 2.45) is 11.8 Å². The number of pyridine rings is 8. The molecule has 9 aromatic heterocycles. The predicted octanol–water partition coefficient (Wildman–Crippen LogP) is 24.0. The average molecular weight is 2500 g/mol. The molecule has 16 nitrogen and oxygen atoms in total. The number of aromatic nitrogens is 8. The number of allylic oxidation sites excluding steroid dienone is 14. The Morgan fingerprint density at radius 3 is 1.21 bits per heavy atom. The molecule has 2 unspecified atom stereocenters. The van der Waals surface area contributed by atoms with E-state index in [4.69, 9.17) is 15.3 Å². The minimum atomic E-state index is -4.96. The summed E-state index contributed by atoms with van der Waals surface area (Å²) in [6.45, 7) is 5.70. The van der Waals surface area contributed by atoms with Gasteiger partial charge < -0.3 is 30.4 Å². The molecular formula is C98H76DyEuF6Ir2N8O8STb-2. The first-order valence-corrected chi connectivity index (χ1v) is 38.1. The second kappa shape index (κ2) is 53.9. The van der Waals surface area contributed by atoms with Crippen LogP contribution >= 0.6 is 11.3 Å². The van der Waals surface area contributed by atoms with E-state index in [1.54, 1.807) is 54.7 Å². The van der Waals surface area contributed by atoms with Crippen LogP contribution in [0.4, 0.5) is 26.3 Å². The number of alkyl halides is 6. The minimum absolute atomic E-state index is 0. The Morgan fingerprint density at radius 2 is 0.802 bits per heavy atom. The molecule has 9 heterocycles. The number of aliphatic hydroxyl groups is 4. The number of benzene rings is 7. The molecule has 2 aliphatic rings. The maximum atomic E-state index is 11.8. The number of aliphatic hydroxyl groups excluding tert-OH is 4. The van der Waals surface area contributed by atoms with Gasteiger partial charge in [-0.25, -0.2) is 0 Å². The molecule has 0 bridgehead atoms. The van der Waals surface area contributed by atoms with E-state index in [2.05, 4.69) is 204 Å². The molecule has 4 N–H and O–H groups in total. The number of hydrogen-bond acceptors (Lipinski definition) is 17. The Kier molecular flexibility index (Phi) is 45.7. The molecule has 4 radical (unpaired) electrons. The zero-order valence-corrected chi connectivity index (χ0v) is 79.2. The molecule has 0 saturated carbocycles. The minimum Gasteiger partial charge on any atom is -0.512 e. The van der Waals surface area contributed by atoms with Crippen molar-refractivity contribution in [2.75, 3.05) is 0 Å². The standard InChI is InChI=1S/C19H12N.C15H12N.3C12H8N2.C10H7F3O2.C8H5F3O2S.2C5H8O2.Dy.Eu.2Ir.Tb/c1-2-7-16-13-17(10-9-14(16)5-1)19-18-8-4-3-6-15(18)11-12-20-19;1-2-8-13-12(6-1)7-5-9-14(13)15-10-3-4-11-16-15;3*1-3-9-5-6-10-4-2-8-14-12(10)11(9)13-7-1;11-10(12,13)9(15)6-8(14)7-4-2-1-3-5-7;9-8(10,11)7(13)4-5(12)6-2-1-3-14-6;2*1-4(6)3-5(2)7;;;;;/h1-9,11-13H;1-8,10-13H;3*1-8H;1-6,14H;1-4,12H;2*3,6H,1-2H3;;;;;/q2*-1;;;;;;;;;;;;. The number of ketones is 4. The van der Waals surface area contributed by atoms with Gasteiger partial charge in [0.2, 0.25) is 0 Å². The van der Waals surface area contributed by atoms with Crippen LogP contribution < -0.4 is 0 Å². The van der Waals surface area contributed by atoms with Gasteiger partial charge in [-0.1, -0.05) is 200 Å². The molecule has 0 saturated heterocycles. The van der Waals surface area contributed by atoms with Crippen molar-refractivity contribution < 1.29 is 232 Å². The van der Waals surface area contributed by atoms with E-state index < -0.39 is 35.4 Å². The summed E-state index contributed by atoms with van der Waals surface area (Å²) in [5.74, 6) is -4.78. The van der Waals surface area contributed by atoms with Crippen LogP contribution in [0.2, 0.25) is 0 Å². The van der Waals surface area contributed by atoms with E-state index in [1.165, 1.54) is 97.3 Å². The first kappa shape index (κ1) is 107. The summed E-state index contributed by atoms with van der Waals surface area (Å²) < 4.78 is 70.7. The van der Waals surface area contributed by atoms with Gasteiger partial charge in [0.05, 0.1) is 49.5 Å². The summed E-state index contributed by atoms with van der Waals surface area (Å²) in [7, 11) is 0. The molecule has 7 aromatic carbocycles. The van der Waals surface area contributed by atoms with Crippen molar-refractivity contribution in [2.45, 2.75) is 40.0 Å². The van der Waals surface area contributed by atoms with E-state index in [9.17, 15) is 50.6 Å². The third kappa shape index (κ3) is 32.6. The fraction of sp³-hybridized carbons (Fsp3) is 0.0816. The van der Waals surface area contributed by atoms with Gasteiger partial charge in [-0.2, -0.15) is 44.6 Å². The summed E-state index contributed by atoms with van der Waals surface area (Å²) in [5, 5.41) is 48.2. The first-order valence-electron chi connectivity index (χ1n) is 37.2. The Morgan fingerprint density at radius 1 is 0.405 bits per heavy atom. The zero-order valence-electron chi connectivity index (χ0n) is 67.0. The Labute approximate surface area is 855 Å². The Balaban J connectivity index is 0.000000254. The molecule has 16 aromatic rings. The summed E-state index contributed by atoms with van der Waals surface area (Å²) in [6.07, 6.45) is 23.5. The molecule has 28 heteroatoms. The molecule has 18 rings (SSSR count). The summed E-state index contributed by atoms with van der Waals surface area (Å²) >= 11 is 1.05. The topological polar surface area (TPSA) is 252 Å². The second-order valence-corrected chi connectivity index (χ2v) is 27.4. The van der Waals surface area contributed by atoms with Crippen molar-refractivity contribution in [3.8, 4) is 11.3 Å². The van der Waals surface area contributed by atoms with Crippen LogP contribution in [0.3, 0.4) is 0 Å². The Hall–Kier alpha value is -9.66. The summed E-state index contributed by atoms with van der Waals surface area (Å²) in [6, 6.07) is 79.2. The van der Waals surface area contributed by atoms with E-state index in [-0.39, 0.29) is 212 Å². The predicted molar refractivity (Wildman–Crippen MR) is 468 cm³/mol. The summed E-state index contributed by atoms with van der Waals surface area (Å²) in [5.41, 5.74) is 10.3. The van der Waals surface area contributed by atoms with Gasteiger partial charge in [0, 0.05) is 278 Å². The van der Waals surface area contributed by atoms with Crippen molar-refractivity contribution in [1.29, 1.82) is 0 Å². The third-order valence-corrected chi connectivity index (χ3v) is 18.3. The van der Waals surface area contributed by atoms with Gasteiger partial charge in [0.25, 0.3) is 11.6 Å². The van der Waals surface area contributed by atoms with Crippen LogP contribution in [0, 0.1) is 150 Å². The van der Waals surface area contributed by atoms with Crippen LogP contribution in [0.5, 0.6) is 0 Å². The normalized spacial score (nSPS) is 12.9. The van der Waals surface area contributed by atoms with Gasteiger partial charge in [-0.15, -0.1) is 46.1 Å². The maximum Gasteiger partial charge on any atom is 0.454 e. The molecule has 0 aliphatic heterocycles. The second-order valence-electron chi connectivity index (χ2n) is 26.4. The fourth-order valence-electron chi connectivity index (χ4n) is 12.0. The Bertz CT molecular complexity index is 6120. The van der Waals surface area contributed by atoms with Crippen molar-refractivity contribution >= 4 is 139 Å². The maximum absolute atomic E-state index is 11.8. The van der Waals surface area contributed by atoms with Gasteiger partial charge in [-0.3, -0.25) is 49.1 Å². The summed E-state index contributed by atoms with van der Waals surface area (Å²) in [4.78, 5) is 76.2. The average Bonchev–Trinajstić information content (AvgIpc) is 1.04. The van der Waals surface area contributed by atoms with Crippen LogP contribution in [0.25, 0.3) is 115 Å². The third-order valence-electron chi connectivity index (χ3n) is 17.4. The van der Waals surface area contributed by atoms with Gasteiger partial charge in [0.15, 0.2) is 11.6 Å². The van der Waals surface area contributed by atoms with Gasteiger partial charge in [0.1, 0.15) is 11.5 Å². The largest absolute Gasteiger partial charge is 0.512 e. The van der Waals surface area contributed by atoms with Crippen LogP contribution in [0.15, 0.2) is 364 Å². The molecule has 650 valence electrons. The molecule has 0 amide bonds. The van der Waals surface area contributed by atoms with Crippen LogP contribution in [-0.4, -0.2) is 95.8 Å². The fourth-order valence-corrected chi connectivity index (χ4v) is 12.7. The molecule has 2 aliphatic carbocycles. The molecule has 2 atom stereocenters. The number of halogens is 6. The van der Waals surface area contributed by atoms with Crippen LogP contribution in [0.1, 0.15) is 43.8 Å². The van der Waals surface area contributed by atoms with E-state index in [1.807, 2.05) is 91.3 Å². The number of nitrogens with zero attached hydrogens (tertiary/aromatic N) is 8. The number of thiophene rings is 1.